The number of anilines is 1. The summed E-state index contributed by atoms with van der Waals surface area (Å²) in [6, 6.07) is 10.3. The molecule has 2 rings (SSSR count). The van der Waals surface area contributed by atoms with E-state index in [0.717, 1.165) is 6.42 Å². The van der Waals surface area contributed by atoms with Crippen LogP contribution in [0.25, 0.3) is 0 Å². The molecule has 9 heteroatoms. The monoisotopic (exact) mass is 451 g/mol. The molecule has 174 valence electrons. The number of esters is 1. The molecule has 2 aromatic carbocycles. The Balaban J connectivity index is 2.02. The molecular formula is C23H27F2NO6. The first-order chi connectivity index (χ1) is 15.2. The molecule has 0 radical (unpaired) electrons. The first-order valence-corrected chi connectivity index (χ1v) is 10.1. The van der Waals surface area contributed by atoms with Crippen molar-refractivity contribution in [1.82, 2.24) is 0 Å². The van der Waals surface area contributed by atoms with Crippen LogP contribution in [0.5, 0.6) is 17.2 Å². The van der Waals surface area contributed by atoms with Gasteiger partial charge in [0.2, 0.25) is 0 Å². The van der Waals surface area contributed by atoms with E-state index in [1.54, 1.807) is 12.1 Å². The highest BCUT2D eigenvalue weighted by Crippen LogP contribution is 2.29. The lowest BCUT2D eigenvalue weighted by Crippen LogP contribution is -2.30. The van der Waals surface area contributed by atoms with Crippen LogP contribution in [0.4, 0.5) is 14.5 Å². The molecule has 1 unspecified atom stereocenters. The molecule has 0 aliphatic carbocycles. The Morgan fingerprint density at radius 3 is 2.38 bits per heavy atom. The van der Waals surface area contributed by atoms with Crippen LogP contribution in [-0.4, -0.2) is 38.3 Å². The molecule has 1 atom stereocenters. The van der Waals surface area contributed by atoms with Gasteiger partial charge >= 0.3 is 12.6 Å². The van der Waals surface area contributed by atoms with Gasteiger partial charge < -0.3 is 24.3 Å². The third kappa shape index (κ3) is 7.40. The predicted molar refractivity (Wildman–Crippen MR) is 115 cm³/mol. The fraction of sp³-hybridized carbons (Fsp3) is 0.391. The summed E-state index contributed by atoms with van der Waals surface area (Å²) < 4.78 is 45.6. The van der Waals surface area contributed by atoms with Crippen LogP contribution < -0.4 is 19.5 Å². The first kappa shape index (κ1) is 24.9. The van der Waals surface area contributed by atoms with Gasteiger partial charge in [0.25, 0.3) is 5.91 Å². The van der Waals surface area contributed by atoms with Crippen LogP contribution in [0.1, 0.15) is 37.6 Å². The van der Waals surface area contributed by atoms with Gasteiger partial charge in [0.1, 0.15) is 5.75 Å². The number of hydrogen-bond acceptors (Lipinski definition) is 6. The van der Waals surface area contributed by atoms with Crippen molar-refractivity contribution in [2.45, 2.75) is 39.9 Å². The summed E-state index contributed by atoms with van der Waals surface area (Å²) in [4.78, 5) is 24.9. The van der Waals surface area contributed by atoms with E-state index < -0.39 is 24.6 Å². The number of rotatable bonds is 11. The van der Waals surface area contributed by atoms with Gasteiger partial charge in [-0.15, -0.1) is 0 Å². The maximum atomic E-state index is 12.5. The molecular weight excluding hydrogens is 424 g/mol. The quantitative estimate of drug-likeness (QED) is 0.489. The summed E-state index contributed by atoms with van der Waals surface area (Å²) in [7, 11) is 1.45. The Hall–Kier alpha value is -3.36. The third-order valence-corrected chi connectivity index (χ3v) is 4.37. The molecule has 0 bridgehead atoms. The zero-order chi connectivity index (χ0) is 23.7. The van der Waals surface area contributed by atoms with Gasteiger partial charge in [0.15, 0.2) is 17.6 Å². The molecule has 1 N–H and O–H groups in total. The second kappa shape index (κ2) is 11.9. The van der Waals surface area contributed by atoms with Gasteiger partial charge in [-0.05, 0) is 49.6 Å². The molecule has 0 fully saturated rings. The number of alkyl halides is 2. The van der Waals surface area contributed by atoms with E-state index in [1.807, 2.05) is 0 Å². The molecule has 0 heterocycles. The first-order valence-electron chi connectivity index (χ1n) is 10.1. The lowest BCUT2D eigenvalue weighted by atomic mass is 10.1. The number of ether oxygens (including phenoxy) is 4. The van der Waals surface area contributed by atoms with Crippen molar-refractivity contribution in [1.29, 1.82) is 0 Å². The Morgan fingerprint density at radius 1 is 1.00 bits per heavy atom. The fourth-order valence-corrected chi connectivity index (χ4v) is 2.60. The number of nitrogens with one attached hydrogen (secondary N) is 1. The highest BCUT2D eigenvalue weighted by molar-refractivity contribution is 5.98. The standard InChI is InChI=1S/C23H27F2NO6/c1-14(2)11-12-30-19-10-9-16(13-20(19)29-4)22(28)31-15(3)21(27)26-17-7-5-6-8-18(17)32-23(24)25/h5-10,13-15,23H,11-12H2,1-4H3,(H,26,27). The van der Waals surface area contributed by atoms with E-state index in [2.05, 4.69) is 23.9 Å². The Kier molecular flexibility index (Phi) is 9.24. The maximum Gasteiger partial charge on any atom is 0.387 e. The number of carbonyl (C=O) groups excluding carboxylic acids is 2. The molecule has 1 amide bonds. The minimum Gasteiger partial charge on any atom is -0.493 e. The van der Waals surface area contributed by atoms with Crippen molar-refractivity contribution in [3.8, 4) is 17.2 Å². The van der Waals surface area contributed by atoms with E-state index in [-0.39, 0.29) is 17.0 Å². The van der Waals surface area contributed by atoms with Gasteiger partial charge in [-0.3, -0.25) is 4.79 Å². The topological polar surface area (TPSA) is 83.1 Å². The molecule has 0 aromatic heterocycles. The SMILES string of the molecule is COc1cc(C(=O)OC(C)C(=O)Nc2ccccc2OC(F)F)ccc1OCCC(C)C. The van der Waals surface area contributed by atoms with Crippen molar-refractivity contribution < 1.29 is 37.3 Å². The number of benzene rings is 2. The number of methoxy groups -OCH3 is 1. The zero-order valence-corrected chi connectivity index (χ0v) is 18.4. The Bertz CT molecular complexity index is 919. The lowest BCUT2D eigenvalue weighted by Gasteiger charge is -2.16. The van der Waals surface area contributed by atoms with E-state index in [0.29, 0.717) is 24.0 Å². The smallest absolute Gasteiger partial charge is 0.387 e. The summed E-state index contributed by atoms with van der Waals surface area (Å²) >= 11 is 0. The normalized spacial score (nSPS) is 11.8. The van der Waals surface area contributed by atoms with Gasteiger partial charge in [-0.25, -0.2) is 4.79 Å². The van der Waals surface area contributed by atoms with E-state index >= 15 is 0 Å². The largest absolute Gasteiger partial charge is 0.493 e. The molecule has 0 spiro atoms. The maximum absolute atomic E-state index is 12.5. The average Bonchev–Trinajstić information content (AvgIpc) is 2.74. The minimum absolute atomic E-state index is 0.0327. The van der Waals surface area contributed by atoms with Crippen LogP contribution in [0.3, 0.4) is 0 Å². The van der Waals surface area contributed by atoms with Crippen LogP contribution in [0, 0.1) is 5.92 Å². The second-order valence-electron chi connectivity index (χ2n) is 7.31. The van der Waals surface area contributed by atoms with E-state index in [4.69, 9.17) is 14.2 Å². The summed E-state index contributed by atoms with van der Waals surface area (Å²) in [5.41, 5.74) is 0.199. The zero-order valence-electron chi connectivity index (χ0n) is 18.4. The van der Waals surface area contributed by atoms with Crippen molar-refractivity contribution >= 4 is 17.6 Å². The van der Waals surface area contributed by atoms with E-state index in [9.17, 15) is 18.4 Å². The highest BCUT2D eigenvalue weighted by Gasteiger charge is 2.22. The Labute approximate surface area is 185 Å². The van der Waals surface area contributed by atoms with E-state index in [1.165, 1.54) is 44.4 Å². The Morgan fingerprint density at radius 2 is 1.72 bits per heavy atom. The van der Waals surface area contributed by atoms with Crippen LogP contribution in [0.15, 0.2) is 42.5 Å². The van der Waals surface area contributed by atoms with Crippen molar-refractivity contribution in [2.24, 2.45) is 5.92 Å². The summed E-state index contributed by atoms with van der Waals surface area (Å²) in [5, 5.41) is 2.42. The number of halogens is 2. The lowest BCUT2D eigenvalue weighted by molar-refractivity contribution is -0.123. The molecule has 0 saturated carbocycles. The third-order valence-electron chi connectivity index (χ3n) is 4.37. The van der Waals surface area contributed by atoms with Gasteiger partial charge in [-0.2, -0.15) is 8.78 Å². The second-order valence-corrected chi connectivity index (χ2v) is 7.31. The molecule has 0 aliphatic heterocycles. The van der Waals surface area contributed by atoms with Crippen LogP contribution in [0.2, 0.25) is 0 Å². The number of hydrogen-bond donors (Lipinski definition) is 1. The summed E-state index contributed by atoms with van der Waals surface area (Å²) in [5.74, 6) is -0.325. The van der Waals surface area contributed by atoms with Gasteiger partial charge in [0.05, 0.1) is 25.0 Å². The predicted octanol–water partition coefficient (Wildman–Crippen LogP) is 4.91. The summed E-state index contributed by atoms with van der Waals surface area (Å²) in [6.07, 6.45) is -0.333. The van der Waals surface area contributed by atoms with Crippen LogP contribution >= 0.6 is 0 Å². The average molecular weight is 451 g/mol. The van der Waals surface area contributed by atoms with Gasteiger partial charge in [-0.1, -0.05) is 26.0 Å². The number of carbonyl (C=O) groups is 2. The molecule has 0 aliphatic rings. The van der Waals surface area contributed by atoms with Crippen molar-refractivity contribution in [3.05, 3.63) is 48.0 Å². The summed E-state index contributed by atoms with van der Waals surface area (Å²) in [6.45, 7) is 3.00. The van der Waals surface area contributed by atoms with Gasteiger partial charge in [0, 0.05) is 0 Å². The molecule has 32 heavy (non-hydrogen) atoms. The number of para-hydroxylation sites is 2. The van der Waals surface area contributed by atoms with Crippen molar-refractivity contribution in [2.75, 3.05) is 19.0 Å². The van der Waals surface area contributed by atoms with Crippen LogP contribution in [-0.2, 0) is 9.53 Å². The molecule has 0 saturated heterocycles. The number of amides is 1. The fourth-order valence-electron chi connectivity index (χ4n) is 2.60. The highest BCUT2D eigenvalue weighted by atomic mass is 19.3. The minimum atomic E-state index is -3.05. The van der Waals surface area contributed by atoms with Crippen molar-refractivity contribution in [3.63, 3.8) is 0 Å². The molecule has 7 nitrogen and oxygen atoms in total. The molecule has 2 aromatic rings.